The predicted molar refractivity (Wildman–Crippen MR) is 111 cm³/mol. The van der Waals surface area contributed by atoms with Crippen molar-refractivity contribution < 1.29 is 32.2 Å². The van der Waals surface area contributed by atoms with Crippen molar-refractivity contribution in [1.82, 2.24) is 10.2 Å². The van der Waals surface area contributed by atoms with Gasteiger partial charge in [-0.2, -0.15) is 13.2 Å². The molecule has 1 heterocycles. The third kappa shape index (κ3) is 5.16. The fraction of sp³-hybridized carbons (Fsp3) is 0.273. The Morgan fingerprint density at radius 1 is 1.19 bits per heavy atom. The highest BCUT2D eigenvalue weighted by Crippen LogP contribution is 2.34. The molecular formula is C22H20ClF3N2O4. The maximum absolute atomic E-state index is 13.0. The van der Waals surface area contributed by atoms with Gasteiger partial charge in [-0.1, -0.05) is 29.8 Å². The Labute approximate surface area is 187 Å². The van der Waals surface area contributed by atoms with Crippen LogP contribution in [0, 0.1) is 0 Å². The molecule has 1 aliphatic heterocycles. The second kappa shape index (κ2) is 9.52. The first-order valence-electron chi connectivity index (χ1n) is 9.61. The van der Waals surface area contributed by atoms with E-state index in [9.17, 15) is 22.8 Å². The highest BCUT2D eigenvalue weighted by Gasteiger charge is 2.37. The van der Waals surface area contributed by atoms with Crippen molar-refractivity contribution >= 4 is 23.6 Å². The summed E-state index contributed by atoms with van der Waals surface area (Å²) in [5.41, 5.74) is -0.00772. The molecule has 3 rings (SSSR count). The molecule has 0 saturated carbocycles. The number of hydrogen-bond donors (Lipinski definition) is 1. The van der Waals surface area contributed by atoms with Gasteiger partial charge in [-0.05, 0) is 42.8 Å². The molecule has 0 aromatic heterocycles. The average molecular weight is 469 g/mol. The molecule has 2 aromatic carbocycles. The van der Waals surface area contributed by atoms with E-state index in [0.717, 1.165) is 12.1 Å². The Kier molecular flexibility index (Phi) is 6.98. The van der Waals surface area contributed by atoms with E-state index in [4.69, 9.17) is 21.1 Å². The molecule has 2 aromatic rings. The summed E-state index contributed by atoms with van der Waals surface area (Å²) < 4.78 is 49.7. The maximum Gasteiger partial charge on any atom is 0.416 e. The van der Waals surface area contributed by atoms with Crippen molar-refractivity contribution in [2.75, 3.05) is 20.3 Å². The van der Waals surface area contributed by atoms with Crippen LogP contribution in [-0.4, -0.2) is 37.2 Å². The van der Waals surface area contributed by atoms with Crippen LogP contribution in [0.3, 0.4) is 0 Å². The lowest BCUT2D eigenvalue weighted by Crippen LogP contribution is -2.48. The van der Waals surface area contributed by atoms with Crippen LogP contribution in [0.25, 0.3) is 0 Å². The SMILES string of the molecule is CCOC(=O)C1=C(COc2cccc(C(F)(F)F)c2)N(C)C(=O)NC1c1ccc(Cl)cc1. The molecule has 1 unspecified atom stereocenters. The molecule has 10 heteroatoms. The molecule has 170 valence electrons. The highest BCUT2D eigenvalue weighted by molar-refractivity contribution is 6.30. The molecule has 0 spiro atoms. The largest absolute Gasteiger partial charge is 0.487 e. The lowest BCUT2D eigenvalue weighted by atomic mass is 9.95. The molecule has 1 N–H and O–H groups in total. The van der Waals surface area contributed by atoms with E-state index >= 15 is 0 Å². The van der Waals surface area contributed by atoms with Gasteiger partial charge in [0.1, 0.15) is 12.4 Å². The van der Waals surface area contributed by atoms with E-state index in [1.807, 2.05) is 0 Å². The number of amides is 2. The lowest BCUT2D eigenvalue weighted by molar-refractivity contribution is -0.139. The van der Waals surface area contributed by atoms with Crippen LogP contribution < -0.4 is 10.1 Å². The summed E-state index contributed by atoms with van der Waals surface area (Å²) in [7, 11) is 1.43. The van der Waals surface area contributed by atoms with Gasteiger partial charge in [-0.3, -0.25) is 4.90 Å². The van der Waals surface area contributed by atoms with Crippen molar-refractivity contribution in [3.63, 3.8) is 0 Å². The lowest BCUT2D eigenvalue weighted by Gasteiger charge is -2.34. The second-order valence-electron chi connectivity index (χ2n) is 6.89. The minimum atomic E-state index is -4.53. The number of halogens is 4. The van der Waals surface area contributed by atoms with Crippen LogP contribution in [-0.2, 0) is 15.7 Å². The predicted octanol–water partition coefficient (Wildman–Crippen LogP) is 4.95. The van der Waals surface area contributed by atoms with E-state index in [-0.39, 0.29) is 30.2 Å². The number of rotatable bonds is 6. The molecule has 1 atom stereocenters. The number of nitrogens with zero attached hydrogens (tertiary/aromatic N) is 1. The maximum atomic E-state index is 13.0. The number of esters is 1. The van der Waals surface area contributed by atoms with Crippen molar-refractivity contribution in [3.8, 4) is 5.75 Å². The number of likely N-dealkylation sites (N-methyl/N-ethyl adjacent to an activating group) is 1. The molecule has 0 aliphatic carbocycles. The van der Waals surface area contributed by atoms with E-state index in [0.29, 0.717) is 10.6 Å². The quantitative estimate of drug-likeness (QED) is 0.609. The van der Waals surface area contributed by atoms with Gasteiger partial charge in [-0.25, -0.2) is 9.59 Å². The van der Waals surface area contributed by atoms with Gasteiger partial charge in [0.25, 0.3) is 0 Å². The minimum absolute atomic E-state index is 0.0574. The van der Waals surface area contributed by atoms with Crippen LogP contribution in [0.15, 0.2) is 59.8 Å². The van der Waals surface area contributed by atoms with E-state index in [1.165, 1.54) is 24.1 Å². The number of alkyl halides is 3. The van der Waals surface area contributed by atoms with E-state index in [2.05, 4.69) is 5.32 Å². The zero-order valence-corrected chi connectivity index (χ0v) is 18.0. The molecule has 0 saturated heterocycles. The summed E-state index contributed by atoms with van der Waals surface area (Å²) >= 11 is 5.94. The first kappa shape index (κ1) is 23.5. The van der Waals surface area contributed by atoms with Crippen LogP contribution in [0.4, 0.5) is 18.0 Å². The Morgan fingerprint density at radius 3 is 2.50 bits per heavy atom. The first-order chi connectivity index (χ1) is 15.1. The van der Waals surface area contributed by atoms with Crippen molar-refractivity contribution in [2.24, 2.45) is 0 Å². The van der Waals surface area contributed by atoms with Crippen molar-refractivity contribution in [3.05, 3.63) is 76.0 Å². The number of nitrogens with one attached hydrogen (secondary N) is 1. The number of ether oxygens (including phenoxy) is 2. The molecule has 32 heavy (non-hydrogen) atoms. The molecule has 0 radical (unpaired) electrons. The normalized spacial score (nSPS) is 16.6. The Bertz CT molecular complexity index is 1040. The summed E-state index contributed by atoms with van der Waals surface area (Å²) in [5, 5.41) is 3.20. The van der Waals surface area contributed by atoms with E-state index < -0.39 is 29.8 Å². The van der Waals surface area contributed by atoms with Crippen molar-refractivity contribution in [1.29, 1.82) is 0 Å². The number of hydrogen-bond acceptors (Lipinski definition) is 4. The minimum Gasteiger partial charge on any atom is -0.487 e. The van der Waals surface area contributed by atoms with Crippen LogP contribution in [0.2, 0.25) is 5.02 Å². The Hall–Kier alpha value is -3.20. The summed E-state index contributed by atoms with van der Waals surface area (Å²) in [4.78, 5) is 26.6. The van der Waals surface area contributed by atoms with Gasteiger partial charge in [0.2, 0.25) is 0 Å². The van der Waals surface area contributed by atoms with Gasteiger partial charge < -0.3 is 14.8 Å². The average Bonchev–Trinajstić information content (AvgIpc) is 2.74. The molecule has 2 amide bonds. The summed E-state index contributed by atoms with van der Waals surface area (Å²) in [6.45, 7) is 1.40. The van der Waals surface area contributed by atoms with Gasteiger partial charge in [0.15, 0.2) is 0 Å². The smallest absolute Gasteiger partial charge is 0.416 e. The zero-order chi connectivity index (χ0) is 23.5. The molecule has 6 nitrogen and oxygen atoms in total. The van der Waals surface area contributed by atoms with E-state index in [1.54, 1.807) is 31.2 Å². The number of benzene rings is 2. The monoisotopic (exact) mass is 468 g/mol. The Balaban J connectivity index is 2.00. The standard InChI is InChI=1S/C22H20ClF3N2O4/c1-3-31-20(29)18-17(12-32-16-6-4-5-14(11-16)22(24,25)26)28(2)21(30)27-19(18)13-7-9-15(23)10-8-13/h4-11,19H,3,12H2,1-2H3,(H,27,30). The van der Waals surface area contributed by atoms with Crippen molar-refractivity contribution in [2.45, 2.75) is 19.1 Å². The first-order valence-corrected chi connectivity index (χ1v) is 9.99. The van der Waals surface area contributed by atoms with Gasteiger partial charge in [0.05, 0.1) is 29.5 Å². The highest BCUT2D eigenvalue weighted by atomic mass is 35.5. The second-order valence-corrected chi connectivity index (χ2v) is 7.32. The van der Waals surface area contributed by atoms with Gasteiger partial charge in [-0.15, -0.1) is 0 Å². The molecule has 0 bridgehead atoms. The Morgan fingerprint density at radius 2 is 1.88 bits per heavy atom. The van der Waals surface area contributed by atoms with Gasteiger partial charge >= 0.3 is 18.2 Å². The number of carbonyl (C=O) groups is 2. The number of carbonyl (C=O) groups excluding carboxylic acids is 2. The zero-order valence-electron chi connectivity index (χ0n) is 17.2. The van der Waals surface area contributed by atoms with Crippen LogP contribution >= 0.6 is 11.6 Å². The summed E-state index contributed by atoms with van der Waals surface area (Å²) in [6, 6.07) is 9.53. The summed E-state index contributed by atoms with van der Waals surface area (Å²) in [5.74, 6) is -0.736. The number of urea groups is 1. The topological polar surface area (TPSA) is 67.9 Å². The third-order valence-corrected chi connectivity index (χ3v) is 5.06. The fourth-order valence-electron chi connectivity index (χ4n) is 3.20. The third-order valence-electron chi connectivity index (χ3n) is 4.81. The van der Waals surface area contributed by atoms with Crippen LogP contribution in [0.5, 0.6) is 5.75 Å². The van der Waals surface area contributed by atoms with Gasteiger partial charge in [0, 0.05) is 12.1 Å². The molecule has 0 fully saturated rings. The summed E-state index contributed by atoms with van der Waals surface area (Å²) in [6.07, 6.45) is -4.53. The van der Waals surface area contributed by atoms with Crippen LogP contribution in [0.1, 0.15) is 24.1 Å². The fourth-order valence-corrected chi connectivity index (χ4v) is 3.33. The molecule has 1 aliphatic rings. The molecular weight excluding hydrogens is 449 g/mol.